The predicted octanol–water partition coefficient (Wildman–Crippen LogP) is 1.17. The number of nitrogen functional groups attached to an aromatic ring is 1. The normalized spacial score (nSPS) is 23.6. The number of carbonyl (C=O) groups excluding carboxylic acids is 2. The molecule has 4 N–H and O–H groups in total. The quantitative estimate of drug-likeness (QED) is 0.296. The van der Waals surface area contributed by atoms with Crippen LogP contribution in [-0.4, -0.2) is 62.3 Å². The molecule has 31 heavy (non-hydrogen) atoms. The third kappa shape index (κ3) is 4.30. The third-order valence-corrected chi connectivity index (χ3v) is 6.97. The van der Waals surface area contributed by atoms with Crippen molar-refractivity contribution in [1.82, 2.24) is 15.2 Å². The summed E-state index contributed by atoms with van der Waals surface area (Å²) in [5.74, 6) is -1.42. The van der Waals surface area contributed by atoms with Crippen molar-refractivity contribution in [2.75, 3.05) is 18.1 Å². The molecule has 10 nitrogen and oxygen atoms in total. The molecule has 0 unspecified atom stereocenters. The molecule has 1 saturated carbocycles. The summed E-state index contributed by atoms with van der Waals surface area (Å²) in [5, 5.41) is 17.6. The number of thioether (sulfide) groups is 1. The topological polar surface area (TPSA) is 147 Å². The molecule has 12 heteroatoms. The lowest BCUT2D eigenvalue weighted by molar-refractivity contribution is -0.150. The predicted molar refractivity (Wildman–Crippen MR) is 116 cm³/mol. The van der Waals surface area contributed by atoms with E-state index in [2.05, 4.69) is 15.5 Å². The van der Waals surface area contributed by atoms with Gasteiger partial charge in [0.25, 0.3) is 11.8 Å². The van der Waals surface area contributed by atoms with Gasteiger partial charge in [0.2, 0.25) is 0 Å². The van der Waals surface area contributed by atoms with Crippen molar-refractivity contribution in [3.8, 4) is 0 Å². The lowest BCUT2D eigenvalue weighted by atomic mass is 10.0. The summed E-state index contributed by atoms with van der Waals surface area (Å²) in [5.41, 5.74) is 6.39. The Hall–Kier alpha value is -2.86. The number of rotatable bonds is 8. The summed E-state index contributed by atoms with van der Waals surface area (Å²) < 4.78 is 0. The van der Waals surface area contributed by atoms with Crippen LogP contribution in [-0.2, 0) is 19.2 Å². The summed E-state index contributed by atoms with van der Waals surface area (Å²) in [6.07, 6.45) is 5.55. The molecule has 0 radical (unpaired) electrons. The Morgan fingerprint density at radius 3 is 2.87 bits per heavy atom. The molecule has 0 aromatic carbocycles. The Bertz CT molecular complexity index is 1010. The highest BCUT2D eigenvalue weighted by atomic mass is 32.2. The van der Waals surface area contributed by atoms with Gasteiger partial charge in [0.1, 0.15) is 29.4 Å². The highest BCUT2D eigenvalue weighted by molar-refractivity contribution is 8.00. The number of fused-ring (bicyclic) bond motifs is 1. The molecule has 3 aliphatic rings. The number of hydrogen-bond acceptors (Lipinski definition) is 9. The molecule has 4 rings (SSSR count). The maximum Gasteiger partial charge on any atom is 0.352 e. The van der Waals surface area contributed by atoms with Crippen LogP contribution in [0.25, 0.3) is 0 Å². The van der Waals surface area contributed by atoms with E-state index in [1.54, 1.807) is 24.5 Å². The number of allylic oxidation sites excluding steroid dienone is 2. The number of anilines is 1. The molecule has 1 aliphatic carbocycles. The number of nitrogens with two attached hydrogens (primary N) is 1. The van der Waals surface area contributed by atoms with Gasteiger partial charge in [-0.2, -0.15) is 0 Å². The Kier molecular flexibility index (Phi) is 6.01. The smallest absolute Gasteiger partial charge is 0.352 e. The second kappa shape index (κ2) is 8.71. The number of aromatic nitrogens is 1. The standard InChI is InChI=1S/C19H21N5O5S2/c1-2-3-10-7-30-17-13(16(26)24(17)14(10)18(27)28)22-15(25)12(11-8-31-19(20)21-11)23-29-6-9-4-5-9/h2-3,8-9,13,17H,4-7H2,1H3,(H2,20,21)(H,22,25)(H,27,28)/b3-2-,23-12-/t13-,17-/m1/s1. The minimum atomic E-state index is -1.18. The number of carbonyl (C=O) groups is 3. The molecule has 2 amide bonds. The molecule has 2 fully saturated rings. The average Bonchev–Trinajstić information content (AvgIpc) is 3.47. The average molecular weight is 464 g/mol. The molecule has 1 aromatic rings. The first-order valence-corrected chi connectivity index (χ1v) is 11.6. The third-order valence-electron chi connectivity index (χ3n) is 5.00. The summed E-state index contributed by atoms with van der Waals surface area (Å²) in [4.78, 5) is 48.0. The summed E-state index contributed by atoms with van der Waals surface area (Å²) in [6, 6.07) is -0.872. The van der Waals surface area contributed by atoms with Gasteiger partial charge in [0.15, 0.2) is 10.8 Å². The first-order valence-electron chi connectivity index (χ1n) is 9.66. The van der Waals surface area contributed by atoms with Crippen LogP contribution in [0.4, 0.5) is 5.13 Å². The second-order valence-corrected chi connectivity index (χ2v) is 9.28. The molecular weight excluding hydrogens is 442 g/mol. The van der Waals surface area contributed by atoms with Gasteiger partial charge in [-0.3, -0.25) is 14.5 Å². The van der Waals surface area contributed by atoms with Crippen molar-refractivity contribution >= 4 is 51.7 Å². The van der Waals surface area contributed by atoms with Crippen LogP contribution >= 0.6 is 23.1 Å². The van der Waals surface area contributed by atoms with Gasteiger partial charge in [-0.05, 0) is 31.3 Å². The molecule has 164 valence electrons. The molecule has 2 aliphatic heterocycles. The number of oxime groups is 1. The lowest BCUT2D eigenvalue weighted by Gasteiger charge is -2.49. The van der Waals surface area contributed by atoms with Crippen molar-refractivity contribution in [2.24, 2.45) is 11.1 Å². The van der Waals surface area contributed by atoms with Crippen molar-refractivity contribution in [3.63, 3.8) is 0 Å². The van der Waals surface area contributed by atoms with Crippen LogP contribution in [0, 0.1) is 5.92 Å². The Labute approximate surface area is 186 Å². The zero-order valence-corrected chi connectivity index (χ0v) is 18.2. The number of aliphatic carboxylic acids is 1. The number of carboxylic acid groups (broad SMARTS) is 1. The second-order valence-electron chi connectivity index (χ2n) is 7.29. The number of amides is 2. The number of carboxylic acids is 1. The Balaban J connectivity index is 1.51. The minimum absolute atomic E-state index is 0.0497. The van der Waals surface area contributed by atoms with Gasteiger partial charge < -0.3 is 21.0 Å². The van der Waals surface area contributed by atoms with E-state index in [-0.39, 0.29) is 22.2 Å². The zero-order chi connectivity index (χ0) is 22.1. The minimum Gasteiger partial charge on any atom is -0.477 e. The van der Waals surface area contributed by atoms with Crippen molar-refractivity contribution in [3.05, 3.63) is 34.5 Å². The van der Waals surface area contributed by atoms with E-state index in [9.17, 15) is 19.5 Å². The van der Waals surface area contributed by atoms with E-state index in [1.807, 2.05) is 0 Å². The number of nitrogens with zero attached hydrogens (tertiary/aromatic N) is 3. The van der Waals surface area contributed by atoms with Crippen LogP contribution in [0.3, 0.4) is 0 Å². The number of β-lactam (4-membered cyclic amide) rings is 1. The SMILES string of the molecule is C/C=C\C1=C(C(=O)O)N2C(=O)[C@@H](NC(=O)/C(=N\OCC3CC3)c3csc(N)n3)[C@H]2SC1. The van der Waals surface area contributed by atoms with E-state index in [0.29, 0.717) is 23.9 Å². The van der Waals surface area contributed by atoms with Crippen molar-refractivity contribution < 1.29 is 24.3 Å². The first kappa shape index (κ1) is 21.4. The first-order chi connectivity index (χ1) is 14.9. The van der Waals surface area contributed by atoms with E-state index < -0.39 is 29.2 Å². The highest BCUT2D eigenvalue weighted by Gasteiger charge is 2.54. The maximum absolute atomic E-state index is 12.9. The lowest BCUT2D eigenvalue weighted by Crippen LogP contribution is -2.71. The highest BCUT2D eigenvalue weighted by Crippen LogP contribution is 2.40. The van der Waals surface area contributed by atoms with Gasteiger partial charge >= 0.3 is 5.97 Å². The fourth-order valence-electron chi connectivity index (χ4n) is 3.27. The molecule has 3 heterocycles. The molecule has 1 saturated heterocycles. The monoisotopic (exact) mass is 463 g/mol. The van der Waals surface area contributed by atoms with Crippen LogP contribution in [0.5, 0.6) is 0 Å². The van der Waals surface area contributed by atoms with Gasteiger partial charge in [0.05, 0.1) is 0 Å². The van der Waals surface area contributed by atoms with Gasteiger partial charge in [-0.25, -0.2) is 9.78 Å². The maximum atomic E-state index is 12.9. The van der Waals surface area contributed by atoms with Gasteiger partial charge in [-0.15, -0.1) is 23.1 Å². The zero-order valence-electron chi connectivity index (χ0n) is 16.6. The van der Waals surface area contributed by atoms with Gasteiger partial charge in [0, 0.05) is 11.1 Å². The number of hydrogen-bond donors (Lipinski definition) is 3. The molecule has 2 atom stereocenters. The fourth-order valence-corrected chi connectivity index (χ4v) is 5.14. The summed E-state index contributed by atoms with van der Waals surface area (Å²) in [7, 11) is 0. The van der Waals surface area contributed by atoms with Crippen LogP contribution in [0.2, 0.25) is 0 Å². The van der Waals surface area contributed by atoms with E-state index in [4.69, 9.17) is 10.6 Å². The van der Waals surface area contributed by atoms with E-state index in [0.717, 1.165) is 24.2 Å². The molecule has 0 spiro atoms. The Morgan fingerprint density at radius 2 is 2.26 bits per heavy atom. The van der Waals surface area contributed by atoms with Crippen LogP contribution < -0.4 is 11.1 Å². The van der Waals surface area contributed by atoms with E-state index >= 15 is 0 Å². The molecular formula is C19H21N5O5S2. The van der Waals surface area contributed by atoms with Gasteiger partial charge in [-0.1, -0.05) is 17.3 Å². The van der Waals surface area contributed by atoms with Crippen molar-refractivity contribution in [2.45, 2.75) is 31.2 Å². The number of nitrogens with one attached hydrogen (secondary N) is 1. The van der Waals surface area contributed by atoms with E-state index in [1.165, 1.54) is 16.7 Å². The van der Waals surface area contributed by atoms with Crippen LogP contribution in [0.15, 0.2) is 34.0 Å². The summed E-state index contributed by atoms with van der Waals surface area (Å²) in [6.45, 7) is 2.19. The van der Waals surface area contributed by atoms with Crippen molar-refractivity contribution in [1.29, 1.82) is 0 Å². The summed E-state index contributed by atoms with van der Waals surface area (Å²) >= 11 is 2.55. The fraction of sp³-hybridized carbons (Fsp3) is 0.421. The Morgan fingerprint density at radius 1 is 1.48 bits per heavy atom. The largest absolute Gasteiger partial charge is 0.477 e. The number of thiazole rings is 1. The molecule has 1 aromatic heterocycles. The van der Waals surface area contributed by atoms with Crippen LogP contribution in [0.1, 0.15) is 25.5 Å². The molecule has 0 bridgehead atoms.